The summed E-state index contributed by atoms with van der Waals surface area (Å²) in [7, 11) is 0. The highest BCUT2D eigenvalue weighted by Crippen LogP contribution is 2.32. The van der Waals surface area contributed by atoms with E-state index >= 15 is 0 Å². The monoisotopic (exact) mass is 493 g/mol. The van der Waals surface area contributed by atoms with Crippen molar-refractivity contribution in [1.29, 1.82) is 0 Å². The molecular formula is C25H24ClN5O2S. The number of benzene rings is 2. The number of carbonyl (C=O) groups is 1. The third-order valence-electron chi connectivity index (χ3n) is 4.98. The highest BCUT2D eigenvalue weighted by Gasteiger charge is 2.22. The van der Waals surface area contributed by atoms with Crippen molar-refractivity contribution in [2.75, 3.05) is 11.9 Å². The normalized spacial score (nSPS) is 11.8. The Kier molecular flexibility index (Phi) is 7.49. The van der Waals surface area contributed by atoms with Gasteiger partial charge in [-0.25, -0.2) is 4.98 Å². The van der Waals surface area contributed by atoms with E-state index in [0.717, 1.165) is 22.6 Å². The molecule has 0 aliphatic heterocycles. The van der Waals surface area contributed by atoms with Crippen LogP contribution in [0.4, 0.5) is 5.69 Å². The fraction of sp³-hybridized carbons (Fsp3) is 0.200. The minimum absolute atomic E-state index is 0.210. The number of nitrogens with one attached hydrogen (secondary N) is 1. The second kappa shape index (κ2) is 10.7. The molecule has 0 aliphatic rings. The van der Waals surface area contributed by atoms with Crippen molar-refractivity contribution >= 4 is 35.0 Å². The molecule has 34 heavy (non-hydrogen) atoms. The topological polar surface area (TPSA) is 81.9 Å². The second-order valence-electron chi connectivity index (χ2n) is 7.53. The van der Waals surface area contributed by atoms with Crippen LogP contribution in [0.25, 0.3) is 17.1 Å². The number of thioether (sulfide) groups is 1. The number of anilines is 1. The maximum absolute atomic E-state index is 12.9. The third-order valence-corrected chi connectivity index (χ3v) is 6.33. The van der Waals surface area contributed by atoms with Gasteiger partial charge in [0, 0.05) is 17.4 Å². The fourth-order valence-electron chi connectivity index (χ4n) is 3.33. The quantitative estimate of drug-likeness (QED) is 0.246. The second-order valence-corrected chi connectivity index (χ2v) is 9.20. The molecule has 1 N–H and O–H groups in total. The van der Waals surface area contributed by atoms with Crippen molar-refractivity contribution in [2.24, 2.45) is 0 Å². The third kappa shape index (κ3) is 5.40. The van der Waals surface area contributed by atoms with Gasteiger partial charge in [0.05, 0.1) is 17.5 Å². The number of aromatic nitrogens is 4. The lowest BCUT2D eigenvalue weighted by Crippen LogP contribution is -2.23. The lowest BCUT2D eigenvalue weighted by Gasteiger charge is -2.15. The van der Waals surface area contributed by atoms with Gasteiger partial charge in [0.1, 0.15) is 5.75 Å². The van der Waals surface area contributed by atoms with E-state index < -0.39 is 5.25 Å². The molecule has 0 aliphatic carbocycles. The number of ether oxygens (including phenoxy) is 1. The SMILES string of the molecule is CCOc1ccc(-n2c(SC(C)C(=O)Nc3cccnc3Cl)nnc2-c2cccc(C)c2)cc1. The van der Waals surface area contributed by atoms with Crippen LogP contribution in [0, 0.1) is 6.92 Å². The molecule has 0 fully saturated rings. The summed E-state index contributed by atoms with van der Waals surface area (Å²) in [6.07, 6.45) is 1.57. The maximum Gasteiger partial charge on any atom is 0.237 e. The standard InChI is InChI=1S/C25H24ClN5O2S/c1-4-33-20-12-10-19(11-13-20)31-23(18-8-5-7-16(2)15-18)29-30-25(31)34-17(3)24(32)28-21-9-6-14-27-22(21)26/h5-15,17H,4H2,1-3H3,(H,28,32). The van der Waals surface area contributed by atoms with Crippen LogP contribution in [0.5, 0.6) is 5.75 Å². The van der Waals surface area contributed by atoms with Crippen molar-refractivity contribution in [1.82, 2.24) is 19.7 Å². The molecule has 4 rings (SSSR count). The van der Waals surface area contributed by atoms with Crippen molar-refractivity contribution < 1.29 is 9.53 Å². The van der Waals surface area contributed by atoms with Crippen LogP contribution in [-0.2, 0) is 4.79 Å². The predicted octanol–water partition coefficient (Wildman–Crippen LogP) is 5.81. The average Bonchev–Trinajstić information content (AvgIpc) is 3.24. The number of amides is 1. The summed E-state index contributed by atoms with van der Waals surface area (Å²) < 4.78 is 7.54. The molecule has 0 spiro atoms. The zero-order valence-corrected chi connectivity index (χ0v) is 20.6. The number of nitrogens with zero attached hydrogens (tertiary/aromatic N) is 4. The molecule has 2 aromatic carbocycles. The number of hydrogen-bond acceptors (Lipinski definition) is 6. The van der Waals surface area contributed by atoms with Crippen LogP contribution in [0.1, 0.15) is 19.4 Å². The Balaban J connectivity index is 1.66. The van der Waals surface area contributed by atoms with E-state index in [2.05, 4.69) is 26.6 Å². The average molecular weight is 494 g/mol. The summed E-state index contributed by atoms with van der Waals surface area (Å²) in [4.78, 5) is 16.9. The van der Waals surface area contributed by atoms with Gasteiger partial charge in [-0.05, 0) is 63.2 Å². The zero-order chi connectivity index (χ0) is 24.1. The van der Waals surface area contributed by atoms with E-state index in [1.807, 2.05) is 67.8 Å². The summed E-state index contributed by atoms with van der Waals surface area (Å²) in [5.41, 5.74) is 3.40. The molecule has 174 valence electrons. The molecule has 0 saturated carbocycles. The van der Waals surface area contributed by atoms with Crippen molar-refractivity contribution in [3.05, 3.63) is 77.6 Å². The van der Waals surface area contributed by atoms with Crippen molar-refractivity contribution in [3.63, 3.8) is 0 Å². The Bertz CT molecular complexity index is 1290. The van der Waals surface area contributed by atoms with Gasteiger partial charge >= 0.3 is 0 Å². The summed E-state index contributed by atoms with van der Waals surface area (Å²) >= 11 is 7.40. The molecule has 9 heteroatoms. The lowest BCUT2D eigenvalue weighted by atomic mass is 10.1. The molecular weight excluding hydrogens is 470 g/mol. The first kappa shape index (κ1) is 23.8. The predicted molar refractivity (Wildman–Crippen MR) is 136 cm³/mol. The van der Waals surface area contributed by atoms with Crippen molar-refractivity contribution in [2.45, 2.75) is 31.2 Å². The Morgan fingerprint density at radius 1 is 1.15 bits per heavy atom. The Labute approximate surface area is 207 Å². The van der Waals surface area contributed by atoms with Crippen molar-refractivity contribution in [3.8, 4) is 22.8 Å². The van der Waals surface area contributed by atoms with Crippen LogP contribution >= 0.6 is 23.4 Å². The number of rotatable bonds is 8. The first-order valence-electron chi connectivity index (χ1n) is 10.8. The summed E-state index contributed by atoms with van der Waals surface area (Å²) in [6, 6.07) is 19.2. The van der Waals surface area contributed by atoms with Gasteiger partial charge in [-0.2, -0.15) is 0 Å². The van der Waals surface area contributed by atoms with E-state index in [4.69, 9.17) is 16.3 Å². The largest absolute Gasteiger partial charge is 0.494 e. The molecule has 1 amide bonds. The maximum atomic E-state index is 12.9. The minimum Gasteiger partial charge on any atom is -0.494 e. The smallest absolute Gasteiger partial charge is 0.237 e. The van der Waals surface area contributed by atoms with Gasteiger partial charge in [-0.3, -0.25) is 9.36 Å². The lowest BCUT2D eigenvalue weighted by molar-refractivity contribution is -0.115. The highest BCUT2D eigenvalue weighted by atomic mass is 35.5. The Hall–Kier alpha value is -3.36. The molecule has 1 unspecified atom stereocenters. The van der Waals surface area contributed by atoms with Gasteiger partial charge in [-0.1, -0.05) is 47.1 Å². The molecule has 0 saturated heterocycles. The van der Waals surface area contributed by atoms with Crippen LogP contribution in [0.3, 0.4) is 0 Å². The van der Waals surface area contributed by atoms with E-state index in [-0.39, 0.29) is 11.1 Å². The van der Waals surface area contributed by atoms with Gasteiger partial charge in [0.2, 0.25) is 5.91 Å². The van der Waals surface area contributed by atoms with Gasteiger partial charge < -0.3 is 10.1 Å². The Morgan fingerprint density at radius 3 is 2.65 bits per heavy atom. The van der Waals surface area contributed by atoms with Crippen LogP contribution in [0.2, 0.25) is 5.15 Å². The summed E-state index contributed by atoms with van der Waals surface area (Å²) in [5.74, 6) is 1.27. The molecule has 0 radical (unpaired) electrons. The first-order valence-corrected chi connectivity index (χ1v) is 12.1. The highest BCUT2D eigenvalue weighted by molar-refractivity contribution is 8.00. The number of aryl methyl sites for hydroxylation is 1. The van der Waals surface area contributed by atoms with Crippen LogP contribution in [0.15, 0.2) is 72.0 Å². The van der Waals surface area contributed by atoms with Crippen LogP contribution < -0.4 is 10.1 Å². The van der Waals surface area contributed by atoms with Gasteiger partial charge in [0.25, 0.3) is 0 Å². The number of hydrogen-bond donors (Lipinski definition) is 1. The van der Waals surface area contributed by atoms with E-state index in [1.165, 1.54) is 11.8 Å². The van der Waals surface area contributed by atoms with E-state index in [1.54, 1.807) is 18.3 Å². The van der Waals surface area contributed by atoms with Crippen LogP contribution in [-0.4, -0.2) is 37.5 Å². The van der Waals surface area contributed by atoms with Gasteiger partial charge in [-0.15, -0.1) is 10.2 Å². The van der Waals surface area contributed by atoms with E-state index in [0.29, 0.717) is 23.3 Å². The summed E-state index contributed by atoms with van der Waals surface area (Å²) in [6.45, 7) is 6.39. The number of pyridine rings is 1. The molecule has 2 aromatic heterocycles. The molecule has 2 heterocycles. The summed E-state index contributed by atoms with van der Waals surface area (Å²) in [5, 5.41) is 12.1. The number of carbonyl (C=O) groups excluding carboxylic acids is 1. The molecule has 1 atom stereocenters. The Morgan fingerprint density at radius 2 is 1.94 bits per heavy atom. The van der Waals surface area contributed by atoms with Gasteiger partial charge in [0.15, 0.2) is 16.1 Å². The molecule has 4 aromatic rings. The minimum atomic E-state index is -0.465. The van der Waals surface area contributed by atoms with E-state index in [9.17, 15) is 4.79 Å². The zero-order valence-electron chi connectivity index (χ0n) is 19.0. The molecule has 0 bridgehead atoms. The number of halogens is 1. The molecule has 7 nitrogen and oxygen atoms in total. The fourth-order valence-corrected chi connectivity index (χ4v) is 4.37. The first-order chi connectivity index (χ1) is 16.5.